The molecule has 0 saturated carbocycles. The smallest absolute Gasteiger partial charge is 0.118 e. The predicted molar refractivity (Wildman–Crippen MR) is 93.5 cm³/mol. The normalized spacial score (nSPS) is 12.0. The fraction of sp³-hybridized carbons (Fsp3) is 0.294. The number of methoxy groups -OCH3 is 1. The average Bonchev–Trinajstić information content (AvgIpc) is 2.50. The second kappa shape index (κ2) is 7.19. The lowest BCUT2D eigenvalue weighted by molar-refractivity contribution is 0.414. The molecule has 0 heterocycles. The summed E-state index contributed by atoms with van der Waals surface area (Å²) >= 11 is 9.81. The topological polar surface area (TPSA) is 21.3 Å². The van der Waals surface area contributed by atoms with Crippen LogP contribution in [-0.2, 0) is 0 Å². The third-order valence-electron chi connectivity index (χ3n) is 3.50. The van der Waals surface area contributed by atoms with Gasteiger partial charge in [0.25, 0.3) is 0 Å². The van der Waals surface area contributed by atoms with E-state index in [0.717, 1.165) is 32.9 Å². The molecule has 1 unspecified atom stereocenters. The van der Waals surface area contributed by atoms with E-state index in [0.29, 0.717) is 0 Å². The average molecular weight is 369 g/mol. The Hall–Kier alpha value is -1.19. The van der Waals surface area contributed by atoms with E-state index in [1.165, 1.54) is 5.56 Å². The summed E-state index contributed by atoms with van der Waals surface area (Å²) in [7, 11) is 1.68. The van der Waals surface area contributed by atoms with E-state index in [1.807, 2.05) is 31.2 Å². The highest BCUT2D eigenvalue weighted by Gasteiger charge is 2.12. The molecule has 0 saturated heterocycles. The Morgan fingerprint density at radius 1 is 1.24 bits per heavy atom. The maximum atomic E-state index is 6.22. The summed E-state index contributed by atoms with van der Waals surface area (Å²) in [6.07, 6.45) is 0.976. The van der Waals surface area contributed by atoms with Crippen LogP contribution in [-0.4, -0.2) is 7.11 Å². The number of rotatable bonds is 5. The van der Waals surface area contributed by atoms with Gasteiger partial charge in [-0.3, -0.25) is 0 Å². The molecular weight excluding hydrogens is 350 g/mol. The Labute approximate surface area is 139 Å². The summed E-state index contributed by atoms with van der Waals surface area (Å²) in [6, 6.07) is 12.4. The first-order chi connectivity index (χ1) is 10.0. The van der Waals surface area contributed by atoms with Gasteiger partial charge < -0.3 is 10.1 Å². The third kappa shape index (κ3) is 3.92. The molecule has 1 N–H and O–H groups in total. The molecule has 4 heteroatoms. The van der Waals surface area contributed by atoms with Crippen molar-refractivity contribution in [3.05, 3.63) is 57.0 Å². The second-order valence-corrected chi connectivity index (χ2v) is 6.22. The molecule has 0 bridgehead atoms. The Morgan fingerprint density at radius 3 is 2.48 bits per heavy atom. The van der Waals surface area contributed by atoms with E-state index < -0.39 is 0 Å². The fourth-order valence-corrected chi connectivity index (χ4v) is 2.94. The quantitative estimate of drug-likeness (QED) is 0.700. The van der Waals surface area contributed by atoms with Gasteiger partial charge in [0.2, 0.25) is 0 Å². The van der Waals surface area contributed by atoms with Gasteiger partial charge in [0, 0.05) is 9.50 Å². The van der Waals surface area contributed by atoms with Crippen LogP contribution in [0.2, 0.25) is 5.02 Å². The summed E-state index contributed by atoms with van der Waals surface area (Å²) in [5.41, 5.74) is 3.29. The Morgan fingerprint density at radius 2 is 1.90 bits per heavy atom. The van der Waals surface area contributed by atoms with Gasteiger partial charge in [-0.05, 0) is 64.7 Å². The van der Waals surface area contributed by atoms with Crippen LogP contribution in [0.15, 0.2) is 40.9 Å². The molecule has 0 aromatic heterocycles. The molecule has 0 fully saturated rings. The van der Waals surface area contributed by atoms with Gasteiger partial charge in [0.05, 0.1) is 18.8 Å². The maximum absolute atomic E-state index is 6.22. The van der Waals surface area contributed by atoms with Crippen LogP contribution in [0.25, 0.3) is 0 Å². The highest BCUT2D eigenvalue weighted by Crippen LogP contribution is 2.33. The lowest BCUT2D eigenvalue weighted by Gasteiger charge is -2.20. The summed E-state index contributed by atoms with van der Waals surface area (Å²) < 4.78 is 6.23. The molecule has 0 radical (unpaired) electrons. The van der Waals surface area contributed by atoms with Crippen molar-refractivity contribution in [3.63, 3.8) is 0 Å². The molecule has 112 valence electrons. The number of hydrogen-bond donors (Lipinski definition) is 1. The van der Waals surface area contributed by atoms with Crippen LogP contribution in [0, 0.1) is 6.92 Å². The molecule has 21 heavy (non-hydrogen) atoms. The van der Waals surface area contributed by atoms with Crippen LogP contribution in [0.1, 0.15) is 30.5 Å². The molecule has 2 rings (SSSR count). The van der Waals surface area contributed by atoms with Crippen molar-refractivity contribution in [1.82, 2.24) is 0 Å². The van der Waals surface area contributed by atoms with Crippen molar-refractivity contribution >= 4 is 33.2 Å². The van der Waals surface area contributed by atoms with E-state index in [-0.39, 0.29) is 6.04 Å². The van der Waals surface area contributed by atoms with Crippen molar-refractivity contribution in [2.75, 3.05) is 12.4 Å². The molecule has 0 aliphatic heterocycles. The highest BCUT2D eigenvalue weighted by atomic mass is 79.9. The number of hydrogen-bond acceptors (Lipinski definition) is 2. The van der Waals surface area contributed by atoms with Crippen molar-refractivity contribution in [1.29, 1.82) is 0 Å². The molecular formula is C17H19BrClNO. The van der Waals surface area contributed by atoms with Crippen molar-refractivity contribution in [2.24, 2.45) is 0 Å². The number of nitrogens with one attached hydrogen (secondary N) is 1. The van der Waals surface area contributed by atoms with E-state index in [2.05, 4.69) is 40.3 Å². The molecule has 2 nitrogen and oxygen atoms in total. The van der Waals surface area contributed by atoms with E-state index in [4.69, 9.17) is 16.3 Å². The van der Waals surface area contributed by atoms with Crippen LogP contribution >= 0.6 is 27.5 Å². The zero-order valence-electron chi connectivity index (χ0n) is 12.4. The molecule has 1 atom stereocenters. The molecule has 0 aliphatic rings. The van der Waals surface area contributed by atoms with Crippen LogP contribution in [0.4, 0.5) is 5.69 Å². The Balaban J connectivity index is 2.24. The second-order valence-electron chi connectivity index (χ2n) is 4.96. The number of ether oxygens (including phenoxy) is 1. The first kappa shape index (κ1) is 16.2. The van der Waals surface area contributed by atoms with Crippen molar-refractivity contribution in [2.45, 2.75) is 26.3 Å². The standard InChI is InChI=1S/C17H19BrClNO/c1-4-16(12-5-7-13(21-3)8-6-12)20-17-10-15(19)11(2)9-14(17)18/h5-10,16,20H,4H2,1-3H3. The number of benzene rings is 2. The monoisotopic (exact) mass is 367 g/mol. The highest BCUT2D eigenvalue weighted by molar-refractivity contribution is 9.10. The number of aryl methyl sites for hydroxylation is 1. The van der Waals surface area contributed by atoms with Gasteiger partial charge >= 0.3 is 0 Å². The van der Waals surface area contributed by atoms with E-state index >= 15 is 0 Å². The minimum Gasteiger partial charge on any atom is -0.497 e. The minimum atomic E-state index is 0.228. The fourth-order valence-electron chi connectivity index (χ4n) is 2.20. The van der Waals surface area contributed by atoms with E-state index in [1.54, 1.807) is 7.11 Å². The molecule has 0 amide bonds. The van der Waals surface area contributed by atoms with Crippen molar-refractivity contribution in [3.8, 4) is 5.75 Å². The van der Waals surface area contributed by atoms with Gasteiger partial charge in [0.15, 0.2) is 0 Å². The zero-order chi connectivity index (χ0) is 15.4. The first-order valence-corrected chi connectivity index (χ1v) is 8.08. The predicted octanol–water partition coefficient (Wildman–Crippen LogP) is 5.98. The lowest BCUT2D eigenvalue weighted by Crippen LogP contribution is -2.10. The van der Waals surface area contributed by atoms with Gasteiger partial charge in [-0.2, -0.15) is 0 Å². The van der Waals surface area contributed by atoms with Gasteiger partial charge in [-0.25, -0.2) is 0 Å². The van der Waals surface area contributed by atoms with Crippen molar-refractivity contribution < 1.29 is 4.74 Å². The Bertz CT molecular complexity index is 613. The van der Waals surface area contributed by atoms with Crippen LogP contribution in [0.3, 0.4) is 0 Å². The summed E-state index contributed by atoms with van der Waals surface area (Å²) in [6.45, 7) is 4.16. The van der Waals surface area contributed by atoms with Crippen LogP contribution in [0.5, 0.6) is 5.75 Å². The molecule has 2 aromatic rings. The van der Waals surface area contributed by atoms with Gasteiger partial charge in [-0.1, -0.05) is 30.7 Å². The van der Waals surface area contributed by atoms with Gasteiger partial charge in [-0.15, -0.1) is 0 Å². The molecule has 0 aliphatic carbocycles. The summed E-state index contributed by atoms with van der Waals surface area (Å²) in [4.78, 5) is 0. The maximum Gasteiger partial charge on any atom is 0.118 e. The molecule has 2 aromatic carbocycles. The summed E-state index contributed by atoms with van der Waals surface area (Å²) in [5.74, 6) is 0.869. The first-order valence-electron chi connectivity index (χ1n) is 6.91. The third-order valence-corrected chi connectivity index (χ3v) is 4.57. The van der Waals surface area contributed by atoms with Crippen LogP contribution < -0.4 is 10.1 Å². The molecule has 0 spiro atoms. The largest absolute Gasteiger partial charge is 0.497 e. The number of halogens is 2. The Kier molecular flexibility index (Phi) is 5.54. The lowest BCUT2D eigenvalue weighted by atomic mass is 10.0. The zero-order valence-corrected chi connectivity index (χ0v) is 14.8. The summed E-state index contributed by atoms with van der Waals surface area (Å²) in [5, 5.41) is 4.32. The number of anilines is 1. The van der Waals surface area contributed by atoms with E-state index in [9.17, 15) is 0 Å². The minimum absolute atomic E-state index is 0.228. The van der Waals surface area contributed by atoms with Gasteiger partial charge in [0.1, 0.15) is 5.75 Å². The SMILES string of the molecule is CCC(Nc1cc(Cl)c(C)cc1Br)c1ccc(OC)cc1.